The number of nitrogens with zero attached hydrogens (tertiary/aromatic N) is 4. The molecule has 0 radical (unpaired) electrons. The third kappa shape index (κ3) is 3.14. The lowest BCUT2D eigenvalue weighted by Crippen LogP contribution is -2.30. The van der Waals surface area contributed by atoms with E-state index in [-0.39, 0.29) is 11.8 Å². The lowest BCUT2D eigenvalue weighted by Gasteiger charge is -2.12. The number of fused-ring (bicyclic) bond motifs is 2. The maximum absolute atomic E-state index is 12.4. The Labute approximate surface area is 172 Å². The van der Waals surface area contributed by atoms with E-state index in [0.717, 1.165) is 10.9 Å². The Morgan fingerprint density at radius 1 is 0.933 bits per heavy atom. The monoisotopic (exact) mass is 398 g/mol. The van der Waals surface area contributed by atoms with Gasteiger partial charge in [0.25, 0.3) is 17.7 Å². The second kappa shape index (κ2) is 7.18. The number of hydrogen-bond donors (Lipinski definition) is 0. The highest BCUT2D eigenvalue weighted by atomic mass is 16.4. The number of rotatable bonds is 5. The first-order valence-corrected chi connectivity index (χ1v) is 9.75. The van der Waals surface area contributed by atoms with Crippen LogP contribution in [-0.2, 0) is 6.42 Å². The predicted molar refractivity (Wildman–Crippen MR) is 110 cm³/mol. The van der Waals surface area contributed by atoms with Gasteiger partial charge in [-0.15, -0.1) is 10.2 Å². The first kappa shape index (κ1) is 18.2. The first-order valence-electron chi connectivity index (χ1n) is 9.75. The van der Waals surface area contributed by atoms with Crippen LogP contribution in [0.3, 0.4) is 0 Å². The predicted octanol–water partition coefficient (Wildman–Crippen LogP) is 3.82. The zero-order valence-electron chi connectivity index (χ0n) is 16.3. The normalized spacial score (nSPS) is 13.3. The quantitative estimate of drug-likeness (QED) is 0.475. The maximum Gasteiger partial charge on any atom is 0.266 e. The third-order valence-electron chi connectivity index (χ3n) is 5.18. The van der Waals surface area contributed by atoms with Gasteiger partial charge in [0.1, 0.15) is 5.69 Å². The maximum atomic E-state index is 12.4. The highest BCUT2D eigenvalue weighted by Gasteiger charge is 2.34. The minimum atomic E-state index is -0.252. The molecule has 0 bridgehead atoms. The van der Waals surface area contributed by atoms with Crippen LogP contribution >= 0.6 is 0 Å². The molecule has 5 rings (SSSR count). The van der Waals surface area contributed by atoms with Crippen LogP contribution in [0.1, 0.15) is 38.6 Å². The number of imide groups is 1. The minimum absolute atomic E-state index is 0.252. The molecular weight excluding hydrogens is 380 g/mol. The molecule has 0 fully saturated rings. The number of aryl methyl sites for hydroxylation is 2. The van der Waals surface area contributed by atoms with Gasteiger partial charge in [0.2, 0.25) is 5.89 Å². The fraction of sp³-hybridized carbons (Fsp3) is 0.174. The third-order valence-corrected chi connectivity index (χ3v) is 5.18. The standard InChI is InChI=1S/C23H18N4O3/c1-14-8-10-18-15(13-14)9-11-19(24-18)21-26-25-20(30-21)7-4-12-27-22(28)16-5-2-3-6-17(16)23(27)29/h2-3,5-6,8-11,13H,4,7,12H2,1H3. The zero-order chi connectivity index (χ0) is 20.7. The summed E-state index contributed by atoms with van der Waals surface area (Å²) in [5, 5.41) is 9.24. The molecule has 148 valence electrons. The number of carbonyl (C=O) groups excluding carboxylic acids is 2. The molecule has 3 heterocycles. The van der Waals surface area contributed by atoms with Gasteiger partial charge in [0, 0.05) is 18.4 Å². The summed E-state index contributed by atoms with van der Waals surface area (Å²) >= 11 is 0. The Balaban J connectivity index is 1.25. The number of amides is 2. The van der Waals surface area contributed by atoms with Gasteiger partial charge in [-0.25, -0.2) is 4.98 Å². The molecule has 0 aliphatic carbocycles. The molecule has 2 amide bonds. The van der Waals surface area contributed by atoms with E-state index in [1.54, 1.807) is 24.3 Å². The van der Waals surface area contributed by atoms with Crippen molar-refractivity contribution in [3.05, 3.63) is 77.2 Å². The summed E-state index contributed by atoms with van der Waals surface area (Å²) in [6, 6.07) is 16.8. The lowest BCUT2D eigenvalue weighted by molar-refractivity contribution is 0.0651. The molecule has 0 N–H and O–H groups in total. The van der Waals surface area contributed by atoms with Crippen molar-refractivity contribution in [1.82, 2.24) is 20.1 Å². The van der Waals surface area contributed by atoms with Crippen molar-refractivity contribution < 1.29 is 14.0 Å². The van der Waals surface area contributed by atoms with Gasteiger partial charge in [-0.1, -0.05) is 29.8 Å². The van der Waals surface area contributed by atoms with Crippen LogP contribution in [0.4, 0.5) is 0 Å². The molecule has 2 aromatic heterocycles. The summed E-state index contributed by atoms with van der Waals surface area (Å²) in [7, 11) is 0. The summed E-state index contributed by atoms with van der Waals surface area (Å²) < 4.78 is 5.75. The number of pyridine rings is 1. The van der Waals surface area contributed by atoms with Crippen LogP contribution in [-0.4, -0.2) is 38.4 Å². The van der Waals surface area contributed by atoms with Crippen LogP contribution < -0.4 is 0 Å². The van der Waals surface area contributed by atoms with Crippen molar-refractivity contribution in [3.8, 4) is 11.6 Å². The molecule has 30 heavy (non-hydrogen) atoms. The largest absolute Gasteiger partial charge is 0.419 e. The van der Waals surface area contributed by atoms with Gasteiger partial charge < -0.3 is 4.42 Å². The van der Waals surface area contributed by atoms with E-state index in [1.807, 2.05) is 31.2 Å². The summed E-state index contributed by atoms with van der Waals surface area (Å²) in [6.45, 7) is 2.34. The SMILES string of the molecule is Cc1ccc2nc(-c3nnc(CCCN4C(=O)c5ccccc5C4=O)o3)ccc2c1. The molecule has 7 heteroatoms. The van der Waals surface area contributed by atoms with Gasteiger partial charge >= 0.3 is 0 Å². The molecular formula is C23H18N4O3. The average Bonchev–Trinajstić information content (AvgIpc) is 3.33. The van der Waals surface area contributed by atoms with Gasteiger partial charge in [0.05, 0.1) is 16.6 Å². The summed E-state index contributed by atoms with van der Waals surface area (Å²) in [5.41, 5.74) is 3.57. The number of aromatic nitrogens is 3. The molecule has 1 aliphatic rings. The number of hydrogen-bond acceptors (Lipinski definition) is 6. The molecule has 0 saturated heterocycles. The van der Waals surface area contributed by atoms with Gasteiger partial charge in [-0.05, 0) is 43.7 Å². The highest BCUT2D eigenvalue weighted by Crippen LogP contribution is 2.24. The van der Waals surface area contributed by atoms with Gasteiger partial charge in [-0.2, -0.15) is 0 Å². The Hall–Kier alpha value is -3.87. The molecule has 0 saturated carbocycles. The van der Waals surface area contributed by atoms with Crippen LogP contribution in [0.2, 0.25) is 0 Å². The molecule has 0 spiro atoms. The van der Waals surface area contributed by atoms with E-state index >= 15 is 0 Å². The Morgan fingerprint density at radius 3 is 2.47 bits per heavy atom. The smallest absolute Gasteiger partial charge is 0.266 e. The molecule has 4 aromatic rings. The Kier molecular flexibility index (Phi) is 4.35. The molecule has 2 aromatic carbocycles. The fourth-order valence-electron chi connectivity index (χ4n) is 3.65. The van der Waals surface area contributed by atoms with Gasteiger partial charge in [0.15, 0.2) is 0 Å². The number of benzene rings is 2. The summed E-state index contributed by atoms with van der Waals surface area (Å²) in [5.74, 6) is 0.301. The van der Waals surface area contributed by atoms with Crippen molar-refractivity contribution in [2.75, 3.05) is 6.54 Å². The second-order valence-electron chi connectivity index (χ2n) is 7.30. The molecule has 7 nitrogen and oxygen atoms in total. The van der Waals surface area contributed by atoms with Crippen LogP contribution in [0, 0.1) is 6.92 Å². The highest BCUT2D eigenvalue weighted by molar-refractivity contribution is 6.21. The fourth-order valence-corrected chi connectivity index (χ4v) is 3.65. The summed E-state index contributed by atoms with van der Waals surface area (Å²) in [6.07, 6.45) is 1.00. The Morgan fingerprint density at radius 2 is 1.70 bits per heavy atom. The molecule has 1 aliphatic heterocycles. The Bertz CT molecular complexity index is 1260. The van der Waals surface area contributed by atoms with Crippen molar-refractivity contribution in [1.29, 1.82) is 0 Å². The lowest BCUT2D eigenvalue weighted by atomic mass is 10.1. The van der Waals surface area contributed by atoms with Crippen molar-refractivity contribution >= 4 is 22.7 Å². The average molecular weight is 398 g/mol. The van der Waals surface area contributed by atoms with Crippen LogP contribution in [0.25, 0.3) is 22.5 Å². The molecule has 0 atom stereocenters. The topological polar surface area (TPSA) is 89.2 Å². The minimum Gasteiger partial charge on any atom is -0.419 e. The second-order valence-corrected chi connectivity index (χ2v) is 7.30. The molecule has 0 unspecified atom stereocenters. The number of carbonyl (C=O) groups is 2. The van der Waals surface area contributed by atoms with Crippen LogP contribution in [0.15, 0.2) is 59.0 Å². The van der Waals surface area contributed by atoms with E-state index in [9.17, 15) is 9.59 Å². The van der Waals surface area contributed by atoms with Crippen molar-refractivity contribution in [2.24, 2.45) is 0 Å². The van der Waals surface area contributed by atoms with Crippen molar-refractivity contribution in [3.63, 3.8) is 0 Å². The van der Waals surface area contributed by atoms with E-state index in [1.165, 1.54) is 10.5 Å². The van der Waals surface area contributed by atoms with E-state index < -0.39 is 0 Å². The van der Waals surface area contributed by atoms with Gasteiger partial charge in [-0.3, -0.25) is 14.5 Å². The first-order chi connectivity index (χ1) is 14.6. The van der Waals surface area contributed by atoms with E-state index in [0.29, 0.717) is 48.0 Å². The van der Waals surface area contributed by atoms with E-state index in [2.05, 4.69) is 21.2 Å². The van der Waals surface area contributed by atoms with Crippen molar-refractivity contribution in [2.45, 2.75) is 19.8 Å². The summed E-state index contributed by atoms with van der Waals surface area (Å²) in [4.78, 5) is 30.7. The van der Waals surface area contributed by atoms with Crippen LogP contribution in [0.5, 0.6) is 0 Å². The zero-order valence-corrected chi connectivity index (χ0v) is 16.3. The van der Waals surface area contributed by atoms with E-state index in [4.69, 9.17) is 4.42 Å².